The van der Waals surface area contributed by atoms with E-state index in [1.165, 1.54) is 0 Å². The van der Waals surface area contributed by atoms with Gasteiger partial charge in [-0.2, -0.15) is 0 Å². The molecule has 0 aromatic rings. The predicted molar refractivity (Wildman–Crippen MR) is 77.5 cm³/mol. The molecule has 8 heteroatoms. The van der Waals surface area contributed by atoms with Crippen molar-refractivity contribution in [1.82, 2.24) is 0 Å². The lowest BCUT2D eigenvalue weighted by Gasteiger charge is -2.22. The van der Waals surface area contributed by atoms with Crippen LogP contribution < -0.4 is 22.7 Å². The van der Waals surface area contributed by atoms with E-state index in [1.54, 1.807) is 6.92 Å². The van der Waals surface area contributed by atoms with Gasteiger partial charge in [-0.05, 0) is 13.3 Å². The fourth-order valence-corrected chi connectivity index (χ4v) is 2.83. The van der Waals surface area contributed by atoms with Crippen molar-refractivity contribution < 1.29 is 36.0 Å². The number of amidine groups is 1. The Bertz CT molecular complexity index is 394. The Kier molecular flexibility index (Phi) is 8.96. The molecule has 1 heterocycles. The smallest absolute Gasteiger partial charge is 0.323 e. The number of rotatable bonds is 7. The lowest BCUT2D eigenvalue weighted by Crippen LogP contribution is -3.00. The van der Waals surface area contributed by atoms with Crippen molar-refractivity contribution in [3.05, 3.63) is 0 Å². The molecule has 122 valence electrons. The second-order valence-electron chi connectivity index (χ2n) is 4.81. The maximum Gasteiger partial charge on any atom is 0.323 e. The number of hydrogen-bond acceptors (Lipinski definition) is 6. The summed E-state index contributed by atoms with van der Waals surface area (Å²) in [5.41, 5.74) is 4.10. The van der Waals surface area contributed by atoms with Crippen molar-refractivity contribution in [2.75, 3.05) is 12.4 Å². The van der Waals surface area contributed by atoms with E-state index < -0.39 is 23.5 Å². The maximum atomic E-state index is 12.2. The Labute approximate surface area is 139 Å². The van der Waals surface area contributed by atoms with Gasteiger partial charge in [-0.3, -0.25) is 15.0 Å². The first kappa shape index (κ1) is 20.2. The minimum absolute atomic E-state index is 0. The second-order valence-corrected chi connectivity index (χ2v) is 5.87. The molecule has 1 aliphatic rings. The molecule has 0 aromatic heterocycles. The van der Waals surface area contributed by atoms with Crippen LogP contribution in [0.5, 0.6) is 0 Å². The normalized spacial score (nSPS) is 24.1. The van der Waals surface area contributed by atoms with E-state index >= 15 is 0 Å². The van der Waals surface area contributed by atoms with E-state index in [-0.39, 0.29) is 28.8 Å². The summed E-state index contributed by atoms with van der Waals surface area (Å²) in [6.45, 7) is 3.96. The van der Waals surface area contributed by atoms with Crippen LogP contribution in [0.2, 0.25) is 0 Å². The van der Waals surface area contributed by atoms with Gasteiger partial charge in [0, 0.05) is 12.2 Å². The summed E-state index contributed by atoms with van der Waals surface area (Å²) in [4.78, 5) is 24.3. The van der Waals surface area contributed by atoms with Gasteiger partial charge in [0.2, 0.25) is 0 Å². The van der Waals surface area contributed by atoms with Crippen LogP contribution in [0.4, 0.5) is 0 Å². The lowest BCUT2D eigenvalue weighted by atomic mass is 9.80. The third kappa shape index (κ3) is 5.18. The topological polar surface area (TPSA) is 102 Å². The molecule has 2 atom stereocenters. The molecule has 0 saturated carbocycles. The zero-order chi connectivity index (χ0) is 15.2. The molecule has 1 rings (SSSR count). The number of esters is 2. The van der Waals surface area contributed by atoms with Crippen LogP contribution in [0.15, 0.2) is 0 Å². The van der Waals surface area contributed by atoms with Crippen molar-refractivity contribution in [2.45, 2.75) is 45.6 Å². The first-order valence-electron chi connectivity index (χ1n) is 6.81. The number of carbonyl (C=O) groups excluding carboxylic acids is 2. The minimum atomic E-state index is -1.17. The number of cyclic esters (lactones) is 1. The molecule has 0 bridgehead atoms. The number of ether oxygens (including phenoxy) is 2. The van der Waals surface area contributed by atoms with Crippen LogP contribution in [0.25, 0.3) is 0 Å². The van der Waals surface area contributed by atoms with Crippen LogP contribution in [0.1, 0.15) is 39.5 Å². The first-order valence-corrected chi connectivity index (χ1v) is 7.80. The molecular weight excluding hydrogens is 360 g/mol. The summed E-state index contributed by atoms with van der Waals surface area (Å²) in [6, 6.07) is 0. The number of nitrogens with one attached hydrogen (secondary N) is 1. The molecular formula is C13H22BrN2O4S-. The van der Waals surface area contributed by atoms with Crippen molar-refractivity contribution in [3.8, 4) is 0 Å². The van der Waals surface area contributed by atoms with Crippen LogP contribution in [-0.2, 0) is 19.1 Å². The zero-order valence-corrected chi connectivity index (χ0v) is 14.7. The van der Waals surface area contributed by atoms with Crippen LogP contribution in [0.3, 0.4) is 0 Å². The highest BCUT2D eigenvalue weighted by Gasteiger charge is 2.55. The number of unbranched alkanes of at least 4 members (excludes halogenated alkanes) is 1. The summed E-state index contributed by atoms with van der Waals surface area (Å²) >= 11 is 1.11. The van der Waals surface area contributed by atoms with Gasteiger partial charge in [-0.1, -0.05) is 31.5 Å². The minimum Gasteiger partial charge on any atom is -1.00 e. The van der Waals surface area contributed by atoms with Crippen molar-refractivity contribution in [3.63, 3.8) is 0 Å². The van der Waals surface area contributed by atoms with Gasteiger partial charge in [-0.25, -0.2) is 0 Å². The van der Waals surface area contributed by atoms with Crippen LogP contribution in [0, 0.1) is 10.8 Å². The van der Waals surface area contributed by atoms with Gasteiger partial charge in [0.25, 0.3) is 0 Å². The molecule has 0 aromatic carbocycles. The molecule has 6 nitrogen and oxygen atoms in total. The standard InChI is InChI=1S/C13H22N2O4S.BrH/c1-3-5-6-13(10(16)18-4-2)7-9(19-11(13)17)8-20-12(14)15;/h9H,3-8H2,1-2H3,(H3,14,15);1H/p-1. The van der Waals surface area contributed by atoms with Crippen molar-refractivity contribution >= 4 is 28.9 Å². The molecule has 21 heavy (non-hydrogen) atoms. The van der Waals surface area contributed by atoms with E-state index in [1.807, 2.05) is 6.92 Å². The van der Waals surface area contributed by atoms with Gasteiger partial charge in [0.05, 0.1) is 6.61 Å². The number of thioether (sulfide) groups is 1. The Balaban J connectivity index is 0.00000400. The average Bonchev–Trinajstić information content (AvgIpc) is 2.72. The Hall–Kier alpha value is -0.760. The Morgan fingerprint density at radius 2 is 2.24 bits per heavy atom. The Morgan fingerprint density at radius 3 is 2.76 bits per heavy atom. The quantitative estimate of drug-likeness (QED) is 0.245. The highest BCUT2D eigenvalue weighted by molar-refractivity contribution is 8.13. The fourth-order valence-electron chi connectivity index (χ4n) is 2.27. The average molecular weight is 382 g/mol. The predicted octanol–water partition coefficient (Wildman–Crippen LogP) is -1.33. The summed E-state index contributed by atoms with van der Waals surface area (Å²) in [5.74, 6) is -0.596. The number of carbonyl (C=O) groups is 2. The van der Waals surface area contributed by atoms with Gasteiger partial charge in [0.15, 0.2) is 10.6 Å². The summed E-state index contributed by atoms with van der Waals surface area (Å²) in [5, 5.41) is 7.15. The van der Waals surface area contributed by atoms with Gasteiger partial charge in [0.1, 0.15) is 6.10 Å². The summed E-state index contributed by atoms with van der Waals surface area (Å²) < 4.78 is 10.3. The fraction of sp³-hybridized carbons (Fsp3) is 0.769. The Morgan fingerprint density at radius 1 is 1.57 bits per heavy atom. The maximum absolute atomic E-state index is 12.2. The van der Waals surface area contributed by atoms with E-state index in [0.29, 0.717) is 18.6 Å². The van der Waals surface area contributed by atoms with E-state index in [0.717, 1.165) is 24.6 Å². The zero-order valence-electron chi connectivity index (χ0n) is 12.3. The van der Waals surface area contributed by atoms with E-state index in [4.69, 9.17) is 20.6 Å². The molecule has 1 saturated heterocycles. The molecule has 0 aliphatic carbocycles. The summed E-state index contributed by atoms with van der Waals surface area (Å²) in [6.07, 6.45) is 2.02. The third-order valence-electron chi connectivity index (χ3n) is 3.29. The molecule has 0 spiro atoms. The second kappa shape index (κ2) is 9.30. The van der Waals surface area contributed by atoms with E-state index in [9.17, 15) is 9.59 Å². The van der Waals surface area contributed by atoms with Gasteiger partial charge in [-0.15, -0.1) is 0 Å². The van der Waals surface area contributed by atoms with Crippen molar-refractivity contribution in [2.24, 2.45) is 11.1 Å². The van der Waals surface area contributed by atoms with Gasteiger partial charge < -0.3 is 32.2 Å². The third-order valence-corrected chi connectivity index (χ3v) is 4.14. The number of halogens is 1. The highest BCUT2D eigenvalue weighted by Crippen LogP contribution is 2.41. The molecule has 1 fully saturated rings. The largest absolute Gasteiger partial charge is 1.00 e. The monoisotopic (exact) mass is 381 g/mol. The molecule has 0 amide bonds. The highest BCUT2D eigenvalue weighted by atomic mass is 79.9. The lowest BCUT2D eigenvalue weighted by molar-refractivity contribution is -0.165. The molecule has 3 N–H and O–H groups in total. The summed E-state index contributed by atoms with van der Waals surface area (Å²) in [7, 11) is 0. The van der Waals surface area contributed by atoms with Gasteiger partial charge >= 0.3 is 11.9 Å². The van der Waals surface area contributed by atoms with Crippen LogP contribution >= 0.6 is 11.8 Å². The SMILES string of the molecule is CCCCC1(C(=O)OCC)CC(CSC(=N)N)OC1=O.[Br-]. The molecule has 2 unspecified atom stereocenters. The number of nitrogens with two attached hydrogens (primary N) is 1. The number of hydrogen-bond donors (Lipinski definition) is 2. The van der Waals surface area contributed by atoms with Crippen LogP contribution in [-0.4, -0.2) is 35.6 Å². The van der Waals surface area contributed by atoms with E-state index in [2.05, 4.69) is 0 Å². The first-order chi connectivity index (χ1) is 9.46. The van der Waals surface area contributed by atoms with Crippen molar-refractivity contribution in [1.29, 1.82) is 5.41 Å². The molecule has 0 radical (unpaired) electrons. The molecule has 1 aliphatic heterocycles.